The third-order valence-corrected chi connectivity index (χ3v) is 1.99. The minimum Gasteiger partial charge on any atom is -0.319 e. The van der Waals surface area contributed by atoms with Crippen LogP contribution in [0.4, 0.5) is 0 Å². The van der Waals surface area contributed by atoms with E-state index < -0.39 is 5.54 Å². The molecule has 78 valence electrons. The minimum atomic E-state index is -0.450. The fourth-order valence-corrected chi connectivity index (χ4v) is 1.31. The van der Waals surface area contributed by atoms with Gasteiger partial charge in [-0.15, -0.1) is 0 Å². The fraction of sp³-hybridized carbons (Fsp3) is 0.636. The number of hydrogen-bond acceptors (Lipinski definition) is 3. The smallest absolute Gasteiger partial charge is 0.148 e. The van der Waals surface area contributed by atoms with Crippen LogP contribution in [0.1, 0.15) is 44.4 Å². The molecular formula is C11H19N3. The van der Waals surface area contributed by atoms with E-state index in [1.165, 1.54) is 0 Å². The maximum Gasteiger partial charge on any atom is 0.148 e. The van der Waals surface area contributed by atoms with Gasteiger partial charge in [0.25, 0.3) is 0 Å². The van der Waals surface area contributed by atoms with Gasteiger partial charge in [-0.3, -0.25) is 0 Å². The number of nitrogens with two attached hydrogens (primary N) is 1. The zero-order chi connectivity index (χ0) is 10.8. The molecule has 14 heavy (non-hydrogen) atoms. The molecule has 2 N–H and O–H groups in total. The first kappa shape index (κ1) is 11.1. The molecule has 0 radical (unpaired) electrons. The van der Waals surface area contributed by atoms with Crippen LogP contribution < -0.4 is 5.73 Å². The van der Waals surface area contributed by atoms with Gasteiger partial charge in [0.2, 0.25) is 0 Å². The highest BCUT2D eigenvalue weighted by Crippen LogP contribution is 2.13. The van der Waals surface area contributed by atoms with Gasteiger partial charge in [-0.25, -0.2) is 9.97 Å². The Morgan fingerprint density at radius 3 is 2.50 bits per heavy atom. The van der Waals surface area contributed by atoms with Gasteiger partial charge in [-0.2, -0.15) is 0 Å². The third kappa shape index (κ3) is 2.77. The summed E-state index contributed by atoms with van der Waals surface area (Å²) in [6.07, 6.45) is 2.09. The van der Waals surface area contributed by atoms with Crippen molar-refractivity contribution >= 4 is 0 Å². The summed E-state index contributed by atoms with van der Waals surface area (Å²) < 4.78 is 0. The van der Waals surface area contributed by atoms with Crippen LogP contribution in [-0.4, -0.2) is 9.97 Å². The van der Waals surface area contributed by atoms with Crippen LogP contribution >= 0.6 is 0 Å². The van der Waals surface area contributed by atoms with Gasteiger partial charge in [0.1, 0.15) is 5.82 Å². The minimum absolute atomic E-state index is 0.450. The molecule has 0 amide bonds. The first-order chi connectivity index (χ1) is 6.43. The van der Waals surface area contributed by atoms with E-state index >= 15 is 0 Å². The summed E-state index contributed by atoms with van der Waals surface area (Å²) in [5, 5.41) is 0. The largest absolute Gasteiger partial charge is 0.319 e. The number of rotatable bonds is 3. The molecule has 1 heterocycles. The molecule has 1 rings (SSSR count). The molecule has 0 fully saturated rings. The van der Waals surface area contributed by atoms with Crippen LogP contribution in [0.15, 0.2) is 6.07 Å². The Morgan fingerprint density at radius 2 is 2.00 bits per heavy atom. The van der Waals surface area contributed by atoms with Crippen molar-refractivity contribution in [2.24, 2.45) is 5.73 Å². The second-order valence-corrected chi connectivity index (χ2v) is 4.30. The molecule has 0 aliphatic rings. The molecule has 3 heteroatoms. The van der Waals surface area contributed by atoms with E-state index in [4.69, 9.17) is 5.73 Å². The maximum atomic E-state index is 5.97. The Labute approximate surface area is 85.8 Å². The quantitative estimate of drug-likeness (QED) is 0.798. The van der Waals surface area contributed by atoms with Crippen LogP contribution in [0.25, 0.3) is 0 Å². The maximum absolute atomic E-state index is 5.97. The van der Waals surface area contributed by atoms with Crippen molar-refractivity contribution in [1.82, 2.24) is 9.97 Å². The zero-order valence-corrected chi connectivity index (χ0v) is 9.46. The van der Waals surface area contributed by atoms with E-state index in [2.05, 4.69) is 16.9 Å². The molecule has 0 saturated heterocycles. The molecule has 0 unspecified atom stereocenters. The van der Waals surface area contributed by atoms with Crippen molar-refractivity contribution in [1.29, 1.82) is 0 Å². The van der Waals surface area contributed by atoms with Crippen molar-refractivity contribution in [3.63, 3.8) is 0 Å². The van der Waals surface area contributed by atoms with Crippen molar-refractivity contribution < 1.29 is 0 Å². The molecule has 0 aromatic carbocycles. The summed E-state index contributed by atoms with van der Waals surface area (Å²) in [6.45, 7) is 7.98. The molecule has 0 aliphatic carbocycles. The van der Waals surface area contributed by atoms with Crippen molar-refractivity contribution in [3.05, 3.63) is 23.3 Å². The average molecular weight is 193 g/mol. The average Bonchev–Trinajstić information content (AvgIpc) is 2.02. The Kier molecular flexibility index (Phi) is 3.21. The summed E-state index contributed by atoms with van der Waals surface area (Å²) in [6, 6.07) is 2.03. The molecule has 0 atom stereocenters. The molecule has 1 aromatic heterocycles. The topological polar surface area (TPSA) is 51.8 Å². The third-order valence-electron chi connectivity index (χ3n) is 1.99. The van der Waals surface area contributed by atoms with Crippen LogP contribution in [0.5, 0.6) is 0 Å². The van der Waals surface area contributed by atoms with Gasteiger partial charge < -0.3 is 5.73 Å². The number of aromatic nitrogens is 2. The lowest BCUT2D eigenvalue weighted by Crippen LogP contribution is -2.31. The van der Waals surface area contributed by atoms with Gasteiger partial charge >= 0.3 is 0 Å². The summed E-state index contributed by atoms with van der Waals surface area (Å²) in [4.78, 5) is 8.81. The Bertz CT molecular complexity index is 313. The predicted molar refractivity (Wildman–Crippen MR) is 58.0 cm³/mol. The van der Waals surface area contributed by atoms with Gasteiger partial charge in [0.05, 0.1) is 5.54 Å². The highest BCUT2D eigenvalue weighted by atomic mass is 15.0. The van der Waals surface area contributed by atoms with Gasteiger partial charge in [0.15, 0.2) is 0 Å². The number of hydrogen-bond donors (Lipinski definition) is 1. The molecule has 0 spiro atoms. The lowest BCUT2D eigenvalue weighted by molar-refractivity contribution is 0.508. The van der Waals surface area contributed by atoms with Crippen LogP contribution in [-0.2, 0) is 12.0 Å². The predicted octanol–water partition coefficient (Wildman–Crippen LogP) is 1.93. The lowest BCUT2D eigenvalue weighted by atomic mass is 10.1. The Hall–Kier alpha value is -0.960. The molecule has 0 aliphatic heterocycles. The first-order valence-electron chi connectivity index (χ1n) is 5.07. The molecule has 0 saturated carbocycles. The molecule has 3 nitrogen and oxygen atoms in total. The second-order valence-electron chi connectivity index (χ2n) is 4.30. The van der Waals surface area contributed by atoms with E-state index in [1.807, 2.05) is 26.8 Å². The van der Waals surface area contributed by atoms with Crippen LogP contribution in [0, 0.1) is 6.92 Å². The monoisotopic (exact) mass is 193 g/mol. The SMILES string of the molecule is CCCc1cc(C)nc(C(C)(C)N)n1. The Balaban J connectivity index is 3.07. The van der Waals surface area contributed by atoms with Gasteiger partial charge in [-0.1, -0.05) is 13.3 Å². The first-order valence-corrected chi connectivity index (χ1v) is 5.07. The summed E-state index contributed by atoms with van der Waals surface area (Å²) >= 11 is 0. The molecule has 1 aromatic rings. The van der Waals surface area contributed by atoms with Crippen molar-refractivity contribution in [3.8, 4) is 0 Å². The van der Waals surface area contributed by atoms with E-state index in [9.17, 15) is 0 Å². The lowest BCUT2D eigenvalue weighted by Gasteiger charge is -2.17. The van der Waals surface area contributed by atoms with Crippen molar-refractivity contribution in [2.75, 3.05) is 0 Å². The fourth-order valence-electron chi connectivity index (χ4n) is 1.31. The van der Waals surface area contributed by atoms with E-state index in [0.717, 1.165) is 30.1 Å². The van der Waals surface area contributed by atoms with E-state index in [1.54, 1.807) is 0 Å². The van der Waals surface area contributed by atoms with Gasteiger partial charge in [-0.05, 0) is 33.3 Å². The van der Waals surface area contributed by atoms with Crippen molar-refractivity contribution in [2.45, 2.75) is 46.1 Å². The summed E-state index contributed by atoms with van der Waals surface area (Å²) in [5.74, 6) is 0.737. The normalized spacial score (nSPS) is 11.8. The van der Waals surface area contributed by atoms with E-state index in [-0.39, 0.29) is 0 Å². The summed E-state index contributed by atoms with van der Waals surface area (Å²) in [5.41, 5.74) is 7.60. The highest BCUT2D eigenvalue weighted by Gasteiger charge is 2.18. The van der Waals surface area contributed by atoms with Crippen LogP contribution in [0.2, 0.25) is 0 Å². The summed E-state index contributed by atoms with van der Waals surface area (Å²) in [7, 11) is 0. The van der Waals surface area contributed by atoms with Gasteiger partial charge in [0, 0.05) is 11.4 Å². The standard InChI is InChI=1S/C11H19N3/c1-5-6-9-7-8(2)13-10(14-9)11(3,4)12/h7H,5-6,12H2,1-4H3. The van der Waals surface area contributed by atoms with E-state index in [0.29, 0.717) is 0 Å². The second kappa shape index (κ2) is 4.05. The number of nitrogens with zero attached hydrogens (tertiary/aromatic N) is 2. The highest BCUT2D eigenvalue weighted by molar-refractivity contribution is 5.13. The van der Waals surface area contributed by atoms with Crippen LogP contribution in [0.3, 0.4) is 0 Å². The number of aryl methyl sites for hydroxylation is 2. The molecule has 0 bridgehead atoms. The molecular weight excluding hydrogens is 174 g/mol. The Morgan fingerprint density at radius 1 is 1.36 bits per heavy atom. The zero-order valence-electron chi connectivity index (χ0n) is 9.46.